The summed E-state index contributed by atoms with van der Waals surface area (Å²) < 4.78 is 0. The van der Waals surface area contributed by atoms with Crippen molar-refractivity contribution in [3.8, 4) is 0 Å². The van der Waals surface area contributed by atoms with Gasteiger partial charge < -0.3 is 15.5 Å². The van der Waals surface area contributed by atoms with E-state index in [1.54, 1.807) is 6.20 Å². The minimum atomic E-state index is -0.118. The molecule has 2 aromatic rings. The summed E-state index contributed by atoms with van der Waals surface area (Å²) in [4.78, 5) is 27.3. The van der Waals surface area contributed by atoms with Crippen LogP contribution in [0.1, 0.15) is 36.0 Å². The van der Waals surface area contributed by atoms with Crippen LogP contribution in [0.25, 0.3) is 10.9 Å². The summed E-state index contributed by atoms with van der Waals surface area (Å²) in [6.45, 7) is 3.07. The molecule has 1 aromatic carbocycles. The molecule has 2 aliphatic rings. The molecule has 4 rings (SSSR count). The molecular formula is C19H25N5O2. The van der Waals surface area contributed by atoms with E-state index >= 15 is 0 Å². The lowest BCUT2D eigenvalue weighted by molar-refractivity contribution is -0.127. The molecule has 2 saturated heterocycles. The molecule has 2 atom stereocenters. The van der Waals surface area contributed by atoms with Gasteiger partial charge in [0, 0.05) is 36.6 Å². The van der Waals surface area contributed by atoms with Crippen LogP contribution in [0.2, 0.25) is 0 Å². The van der Waals surface area contributed by atoms with Crippen molar-refractivity contribution >= 4 is 22.7 Å². The first-order chi connectivity index (χ1) is 12.7. The molecule has 0 spiro atoms. The number of carbonyl (C=O) groups excluding carboxylic acids is 2. The lowest BCUT2D eigenvalue weighted by atomic mass is 9.95. The summed E-state index contributed by atoms with van der Waals surface area (Å²) in [6.07, 6.45) is 5.55. The van der Waals surface area contributed by atoms with Crippen molar-refractivity contribution in [2.24, 2.45) is 5.92 Å². The second-order valence-electron chi connectivity index (χ2n) is 7.31. The zero-order valence-electron chi connectivity index (χ0n) is 14.8. The van der Waals surface area contributed by atoms with Crippen LogP contribution in [-0.4, -0.2) is 59.1 Å². The number of hydrogen-bond donors (Lipinski definition) is 3. The lowest BCUT2D eigenvalue weighted by Crippen LogP contribution is -2.51. The van der Waals surface area contributed by atoms with Gasteiger partial charge in [-0.2, -0.15) is 5.10 Å². The smallest absolute Gasteiger partial charge is 0.253 e. The predicted octanol–water partition coefficient (Wildman–Crippen LogP) is 1.28. The Kier molecular flexibility index (Phi) is 4.88. The Morgan fingerprint density at radius 2 is 2.15 bits per heavy atom. The van der Waals surface area contributed by atoms with E-state index in [2.05, 4.69) is 20.8 Å². The fraction of sp³-hybridized carbons (Fsp3) is 0.526. The number of carbonyl (C=O) groups is 2. The molecule has 2 amide bonds. The van der Waals surface area contributed by atoms with Crippen LogP contribution in [-0.2, 0) is 4.79 Å². The van der Waals surface area contributed by atoms with Crippen LogP contribution in [0.15, 0.2) is 24.4 Å². The summed E-state index contributed by atoms with van der Waals surface area (Å²) in [5, 5.41) is 14.3. The van der Waals surface area contributed by atoms with E-state index in [9.17, 15) is 9.59 Å². The maximum absolute atomic E-state index is 12.9. The number of benzene rings is 1. The third-order valence-corrected chi connectivity index (χ3v) is 5.41. The summed E-state index contributed by atoms with van der Waals surface area (Å²) in [7, 11) is 0. The van der Waals surface area contributed by atoms with Crippen molar-refractivity contribution < 1.29 is 9.59 Å². The third-order valence-electron chi connectivity index (χ3n) is 5.41. The van der Waals surface area contributed by atoms with E-state index in [0.717, 1.165) is 49.7 Å². The fourth-order valence-corrected chi connectivity index (χ4v) is 3.93. The maximum Gasteiger partial charge on any atom is 0.253 e. The number of nitrogens with one attached hydrogen (secondary N) is 3. The van der Waals surface area contributed by atoms with Crippen molar-refractivity contribution in [2.45, 2.75) is 31.7 Å². The number of H-pyrrole nitrogens is 1. The second-order valence-corrected chi connectivity index (χ2v) is 7.31. The van der Waals surface area contributed by atoms with Crippen LogP contribution in [0.4, 0.5) is 0 Å². The molecule has 0 bridgehead atoms. The number of piperidine rings is 2. The molecule has 0 saturated carbocycles. The minimum Gasteiger partial charge on any atom is -0.352 e. The van der Waals surface area contributed by atoms with Gasteiger partial charge in [-0.15, -0.1) is 0 Å². The van der Waals surface area contributed by atoms with Gasteiger partial charge in [-0.3, -0.25) is 14.7 Å². The SMILES string of the molecule is O=C(N[C@H]1CCCNC1)C1CCCN(C(=O)c2ccc3[nH]ncc3c2)C1. The zero-order valence-corrected chi connectivity index (χ0v) is 14.8. The van der Waals surface area contributed by atoms with Gasteiger partial charge >= 0.3 is 0 Å². The van der Waals surface area contributed by atoms with Crippen molar-refractivity contribution in [1.82, 2.24) is 25.7 Å². The Morgan fingerprint density at radius 3 is 3.00 bits per heavy atom. The van der Waals surface area contributed by atoms with Crippen molar-refractivity contribution in [3.63, 3.8) is 0 Å². The highest BCUT2D eigenvalue weighted by Gasteiger charge is 2.30. The van der Waals surface area contributed by atoms with Crippen LogP contribution in [0.3, 0.4) is 0 Å². The molecule has 3 heterocycles. The first-order valence-corrected chi connectivity index (χ1v) is 9.44. The predicted molar refractivity (Wildman–Crippen MR) is 98.8 cm³/mol. The first kappa shape index (κ1) is 17.0. The summed E-state index contributed by atoms with van der Waals surface area (Å²) in [6, 6.07) is 5.77. The zero-order chi connectivity index (χ0) is 17.9. The molecule has 7 heteroatoms. The van der Waals surface area contributed by atoms with Gasteiger partial charge in [-0.25, -0.2) is 0 Å². The highest BCUT2D eigenvalue weighted by Crippen LogP contribution is 2.21. The van der Waals surface area contributed by atoms with Gasteiger partial charge in [0.15, 0.2) is 0 Å². The van der Waals surface area contributed by atoms with Crippen LogP contribution in [0.5, 0.6) is 0 Å². The number of nitrogens with zero attached hydrogens (tertiary/aromatic N) is 2. The molecule has 2 aliphatic heterocycles. The third kappa shape index (κ3) is 3.58. The molecular weight excluding hydrogens is 330 g/mol. The Bertz CT molecular complexity index is 796. The Balaban J connectivity index is 1.40. The van der Waals surface area contributed by atoms with Gasteiger partial charge in [0.25, 0.3) is 5.91 Å². The Hall–Kier alpha value is -2.41. The van der Waals surface area contributed by atoms with Crippen LogP contribution < -0.4 is 10.6 Å². The molecule has 0 aliphatic carbocycles. The highest BCUT2D eigenvalue weighted by atomic mass is 16.2. The number of rotatable bonds is 3. The summed E-state index contributed by atoms with van der Waals surface area (Å²) in [5.41, 5.74) is 1.56. The van der Waals surface area contributed by atoms with Crippen molar-refractivity contribution in [2.75, 3.05) is 26.2 Å². The van der Waals surface area contributed by atoms with Crippen molar-refractivity contribution in [3.05, 3.63) is 30.0 Å². The maximum atomic E-state index is 12.9. The van der Waals surface area contributed by atoms with Gasteiger partial charge in [-0.1, -0.05) is 0 Å². The summed E-state index contributed by atoms with van der Waals surface area (Å²) >= 11 is 0. The number of aromatic amines is 1. The number of hydrogen-bond acceptors (Lipinski definition) is 4. The summed E-state index contributed by atoms with van der Waals surface area (Å²) in [5.74, 6) is -0.0429. The molecule has 2 fully saturated rings. The molecule has 26 heavy (non-hydrogen) atoms. The minimum absolute atomic E-state index is 0.00932. The average molecular weight is 355 g/mol. The normalized spacial score (nSPS) is 23.8. The molecule has 138 valence electrons. The van der Waals surface area contributed by atoms with E-state index in [1.165, 1.54) is 0 Å². The number of amides is 2. The van der Waals surface area contributed by atoms with Gasteiger partial charge in [0.2, 0.25) is 5.91 Å². The molecule has 0 radical (unpaired) electrons. The van der Waals surface area contributed by atoms with Crippen molar-refractivity contribution in [1.29, 1.82) is 0 Å². The first-order valence-electron chi connectivity index (χ1n) is 9.44. The Labute approximate surface area is 152 Å². The molecule has 3 N–H and O–H groups in total. The van der Waals surface area contributed by atoms with E-state index in [4.69, 9.17) is 0 Å². The monoisotopic (exact) mass is 355 g/mol. The van der Waals surface area contributed by atoms with E-state index < -0.39 is 0 Å². The lowest BCUT2D eigenvalue weighted by Gasteiger charge is -2.33. The van der Waals surface area contributed by atoms with Gasteiger partial charge in [0.1, 0.15) is 0 Å². The number of fused-ring (bicyclic) bond motifs is 1. The quantitative estimate of drug-likeness (QED) is 0.774. The topological polar surface area (TPSA) is 90.1 Å². The fourth-order valence-electron chi connectivity index (χ4n) is 3.93. The van der Waals surface area contributed by atoms with Gasteiger partial charge in [0.05, 0.1) is 17.6 Å². The molecule has 1 unspecified atom stereocenters. The largest absolute Gasteiger partial charge is 0.352 e. The molecule has 7 nitrogen and oxygen atoms in total. The number of aromatic nitrogens is 2. The standard InChI is InChI=1S/C19H25N5O2/c25-18(22-16-4-1-7-20-11-16)14-3-2-8-24(12-14)19(26)13-5-6-17-15(9-13)10-21-23-17/h5-6,9-10,14,16,20H,1-4,7-8,11-12H2,(H,21,23)(H,22,25)/t14?,16-/m0/s1. The van der Waals surface area contributed by atoms with E-state index in [-0.39, 0.29) is 23.8 Å². The van der Waals surface area contributed by atoms with Gasteiger partial charge in [-0.05, 0) is 50.4 Å². The van der Waals surface area contributed by atoms with E-state index in [0.29, 0.717) is 18.7 Å². The van der Waals surface area contributed by atoms with Crippen LogP contribution >= 0.6 is 0 Å². The Morgan fingerprint density at radius 1 is 1.23 bits per heavy atom. The molecule has 1 aromatic heterocycles. The highest BCUT2D eigenvalue weighted by molar-refractivity contribution is 5.98. The van der Waals surface area contributed by atoms with E-state index in [1.807, 2.05) is 23.1 Å². The average Bonchev–Trinajstić information content (AvgIpc) is 3.16. The second kappa shape index (κ2) is 7.45. The number of likely N-dealkylation sites (tertiary alicyclic amines) is 1. The van der Waals surface area contributed by atoms with Crippen LogP contribution in [0, 0.1) is 5.92 Å².